The van der Waals surface area contributed by atoms with Crippen molar-refractivity contribution in [2.24, 2.45) is 0 Å². The lowest BCUT2D eigenvalue weighted by molar-refractivity contribution is -0.101. The number of piperazine rings is 1. The van der Waals surface area contributed by atoms with Gasteiger partial charge in [0, 0.05) is 36.7 Å². The molecule has 104 valence electrons. The lowest BCUT2D eigenvalue weighted by Crippen LogP contribution is -2.62. The molecule has 2 fully saturated rings. The molecule has 1 aromatic rings. The van der Waals surface area contributed by atoms with Gasteiger partial charge in [-0.1, -0.05) is 34.1 Å². The average molecular weight is 325 g/mol. The van der Waals surface area contributed by atoms with Crippen molar-refractivity contribution in [3.63, 3.8) is 0 Å². The lowest BCUT2D eigenvalue weighted by atomic mass is 9.72. The number of nitrogens with one attached hydrogen (secondary N) is 1. The van der Waals surface area contributed by atoms with E-state index in [2.05, 4.69) is 57.3 Å². The van der Waals surface area contributed by atoms with E-state index in [9.17, 15) is 0 Å². The second-order valence-corrected chi connectivity index (χ2v) is 6.45. The predicted molar refractivity (Wildman–Crippen MR) is 80.5 cm³/mol. The Balaban J connectivity index is 1.88. The topological polar surface area (TPSA) is 24.5 Å². The normalized spacial score (nSPS) is 24.7. The van der Waals surface area contributed by atoms with Crippen LogP contribution in [0.5, 0.6) is 0 Å². The van der Waals surface area contributed by atoms with E-state index < -0.39 is 0 Å². The van der Waals surface area contributed by atoms with Gasteiger partial charge in [0.05, 0.1) is 18.6 Å². The molecule has 3 rings (SSSR count). The fraction of sp³-hybridized carbons (Fsp3) is 0.600. The summed E-state index contributed by atoms with van der Waals surface area (Å²) in [4.78, 5) is 2.60. The minimum absolute atomic E-state index is 0.150. The van der Waals surface area contributed by atoms with Crippen molar-refractivity contribution < 1.29 is 4.74 Å². The Kier molecular flexibility index (Phi) is 3.94. The maximum absolute atomic E-state index is 5.60. The third-order valence-corrected chi connectivity index (χ3v) is 5.32. The van der Waals surface area contributed by atoms with Crippen LogP contribution in [0.1, 0.15) is 12.5 Å². The van der Waals surface area contributed by atoms with Crippen LogP contribution in [-0.4, -0.2) is 50.3 Å². The number of nitrogens with zero attached hydrogens (tertiary/aromatic N) is 1. The van der Waals surface area contributed by atoms with Crippen molar-refractivity contribution in [1.29, 1.82) is 0 Å². The van der Waals surface area contributed by atoms with Crippen LogP contribution in [0.15, 0.2) is 28.7 Å². The summed E-state index contributed by atoms with van der Waals surface area (Å²) >= 11 is 3.71. The van der Waals surface area contributed by atoms with Crippen molar-refractivity contribution in [3.8, 4) is 0 Å². The molecule has 1 aromatic carbocycles. The average Bonchev–Trinajstić information content (AvgIpc) is 2.40. The summed E-state index contributed by atoms with van der Waals surface area (Å²) in [5.74, 6) is 0. The van der Waals surface area contributed by atoms with Crippen molar-refractivity contribution in [1.82, 2.24) is 10.2 Å². The van der Waals surface area contributed by atoms with E-state index in [4.69, 9.17) is 4.74 Å². The molecule has 2 heterocycles. The van der Waals surface area contributed by atoms with Crippen molar-refractivity contribution in [3.05, 3.63) is 34.3 Å². The molecular formula is C15H21BrN2O. The Morgan fingerprint density at radius 1 is 1.26 bits per heavy atom. The summed E-state index contributed by atoms with van der Waals surface area (Å²) in [6.45, 7) is 8.48. The van der Waals surface area contributed by atoms with E-state index in [1.54, 1.807) is 0 Å². The molecule has 2 aliphatic rings. The second-order valence-electron chi connectivity index (χ2n) is 5.59. The number of hydrogen-bond donors (Lipinski definition) is 1. The van der Waals surface area contributed by atoms with Crippen molar-refractivity contribution >= 4 is 15.9 Å². The highest BCUT2D eigenvalue weighted by molar-refractivity contribution is 9.10. The van der Waals surface area contributed by atoms with E-state index in [-0.39, 0.29) is 5.41 Å². The van der Waals surface area contributed by atoms with E-state index in [0.717, 1.165) is 39.4 Å². The fourth-order valence-corrected chi connectivity index (χ4v) is 3.91. The molecule has 0 aromatic heterocycles. The maximum Gasteiger partial charge on any atom is 0.0601 e. The van der Waals surface area contributed by atoms with Crippen LogP contribution >= 0.6 is 15.9 Å². The van der Waals surface area contributed by atoms with E-state index in [1.807, 2.05) is 0 Å². The van der Waals surface area contributed by atoms with Gasteiger partial charge in [-0.3, -0.25) is 4.90 Å². The highest BCUT2D eigenvalue weighted by Crippen LogP contribution is 2.41. The summed E-state index contributed by atoms with van der Waals surface area (Å²) in [6.07, 6.45) is 0. The molecular weight excluding hydrogens is 304 g/mol. The molecule has 2 aliphatic heterocycles. The number of halogens is 1. The van der Waals surface area contributed by atoms with Crippen molar-refractivity contribution in [2.75, 3.05) is 39.4 Å². The summed E-state index contributed by atoms with van der Waals surface area (Å²) in [6, 6.07) is 9.11. The Morgan fingerprint density at radius 2 is 1.95 bits per heavy atom. The van der Waals surface area contributed by atoms with Crippen LogP contribution in [0.4, 0.5) is 0 Å². The quantitative estimate of drug-likeness (QED) is 0.920. The highest BCUT2D eigenvalue weighted by atomic mass is 79.9. The van der Waals surface area contributed by atoms with Crippen LogP contribution < -0.4 is 5.32 Å². The minimum Gasteiger partial charge on any atom is -0.379 e. The Bertz CT molecular complexity index is 442. The largest absolute Gasteiger partial charge is 0.379 e. The molecule has 0 amide bonds. The van der Waals surface area contributed by atoms with Crippen LogP contribution in [0.3, 0.4) is 0 Å². The predicted octanol–water partition coefficient (Wildman–Crippen LogP) is 2.01. The molecule has 0 bridgehead atoms. The van der Waals surface area contributed by atoms with E-state index in [1.165, 1.54) is 10.0 Å². The van der Waals surface area contributed by atoms with Gasteiger partial charge in [0.25, 0.3) is 0 Å². The molecule has 19 heavy (non-hydrogen) atoms. The third-order valence-electron chi connectivity index (χ3n) is 4.63. The third kappa shape index (κ3) is 2.35. The monoisotopic (exact) mass is 324 g/mol. The number of ether oxygens (including phenoxy) is 1. The van der Waals surface area contributed by atoms with Gasteiger partial charge in [0.15, 0.2) is 0 Å². The Morgan fingerprint density at radius 3 is 2.53 bits per heavy atom. The SMILES string of the molecule is CC(N1CCNCC1)C1(c2ccccc2Br)COC1. The van der Waals surface area contributed by atoms with E-state index in [0.29, 0.717) is 6.04 Å². The highest BCUT2D eigenvalue weighted by Gasteiger charge is 2.48. The van der Waals surface area contributed by atoms with Gasteiger partial charge >= 0.3 is 0 Å². The smallest absolute Gasteiger partial charge is 0.0601 e. The summed E-state index contributed by atoms with van der Waals surface area (Å²) < 4.78 is 6.81. The van der Waals surface area contributed by atoms with Crippen molar-refractivity contribution in [2.45, 2.75) is 18.4 Å². The van der Waals surface area contributed by atoms with Gasteiger partial charge in [0.1, 0.15) is 0 Å². The summed E-state index contributed by atoms with van der Waals surface area (Å²) in [7, 11) is 0. The Hall–Kier alpha value is -0.420. The first-order valence-corrected chi connectivity index (χ1v) is 7.81. The number of benzene rings is 1. The molecule has 1 unspecified atom stereocenters. The van der Waals surface area contributed by atoms with Crippen LogP contribution in [0.2, 0.25) is 0 Å². The van der Waals surface area contributed by atoms with Crippen LogP contribution in [0, 0.1) is 0 Å². The number of rotatable bonds is 3. The zero-order valence-electron chi connectivity index (χ0n) is 11.4. The van der Waals surface area contributed by atoms with Gasteiger partial charge < -0.3 is 10.1 Å². The van der Waals surface area contributed by atoms with Gasteiger partial charge in [-0.15, -0.1) is 0 Å². The first-order chi connectivity index (χ1) is 9.24. The molecule has 0 saturated carbocycles. The molecule has 2 saturated heterocycles. The van der Waals surface area contributed by atoms with E-state index >= 15 is 0 Å². The minimum atomic E-state index is 0.150. The molecule has 0 radical (unpaired) electrons. The molecule has 1 N–H and O–H groups in total. The van der Waals surface area contributed by atoms with Gasteiger partial charge in [-0.25, -0.2) is 0 Å². The van der Waals surface area contributed by atoms with Gasteiger partial charge in [-0.2, -0.15) is 0 Å². The fourth-order valence-electron chi connectivity index (χ4n) is 3.23. The molecule has 4 heteroatoms. The summed E-state index contributed by atoms with van der Waals surface area (Å²) in [5, 5.41) is 3.43. The zero-order chi connectivity index (χ0) is 13.3. The van der Waals surface area contributed by atoms with Crippen LogP contribution in [-0.2, 0) is 10.2 Å². The molecule has 1 atom stereocenters. The summed E-state index contributed by atoms with van der Waals surface area (Å²) in [5.41, 5.74) is 1.55. The van der Waals surface area contributed by atoms with Gasteiger partial charge in [0.2, 0.25) is 0 Å². The Labute approximate surface area is 123 Å². The maximum atomic E-state index is 5.60. The molecule has 3 nitrogen and oxygen atoms in total. The van der Waals surface area contributed by atoms with Crippen LogP contribution in [0.25, 0.3) is 0 Å². The second kappa shape index (κ2) is 5.52. The van der Waals surface area contributed by atoms with Gasteiger partial charge in [-0.05, 0) is 18.6 Å². The standard InChI is InChI=1S/C15H21BrN2O/c1-12(18-8-6-17-7-9-18)15(10-19-11-15)13-4-2-3-5-14(13)16/h2-5,12,17H,6-11H2,1H3. The molecule has 0 aliphatic carbocycles. The first kappa shape index (κ1) is 13.6. The lowest BCUT2D eigenvalue weighted by Gasteiger charge is -2.51. The zero-order valence-corrected chi connectivity index (χ0v) is 12.9. The first-order valence-electron chi connectivity index (χ1n) is 7.01. The molecule has 0 spiro atoms. The number of hydrogen-bond acceptors (Lipinski definition) is 3.